The third kappa shape index (κ3) is 3.48. The van der Waals surface area contributed by atoms with Crippen LogP contribution in [0, 0.1) is 0 Å². The molecule has 1 N–H and O–H groups in total. The number of aromatic nitrogens is 1. The molecule has 2 aromatic rings. The number of rotatable bonds is 3. The summed E-state index contributed by atoms with van der Waals surface area (Å²) in [5.41, 5.74) is 0.813. The second-order valence-electron chi connectivity index (χ2n) is 3.78. The van der Waals surface area contributed by atoms with Crippen molar-refractivity contribution < 1.29 is 5.11 Å². The van der Waals surface area contributed by atoms with Gasteiger partial charge in [0.25, 0.3) is 0 Å². The van der Waals surface area contributed by atoms with Crippen LogP contribution >= 0.6 is 39.3 Å². The second kappa shape index (κ2) is 6.06. The van der Waals surface area contributed by atoms with Crippen LogP contribution in [0.25, 0.3) is 0 Å². The Labute approximate surface area is 124 Å². The molecule has 0 saturated carbocycles. The molecule has 0 aliphatic rings. The van der Waals surface area contributed by atoms with E-state index in [1.54, 1.807) is 19.2 Å². The zero-order valence-electron chi connectivity index (χ0n) is 9.60. The van der Waals surface area contributed by atoms with Gasteiger partial charge in [0, 0.05) is 15.6 Å². The van der Waals surface area contributed by atoms with Gasteiger partial charge in [-0.3, -0.25) is 0 Å². The van der Waals surface area contributed by atoms with Gasteiger partial charge in [-0.25, -0.2) is 4.98 Å². The Bertz CT molecular complexity index is 545. The van der Waals surface area contributed by atoms with E-state index in [2.05, 4.69) is 20.9 Å². The summed E-state index contributed by atoms with van der Waals surface area (Å²) in [6.07, 6.45) is 1.24. The summed E-state index contributed by atoms with van der Waals surface area (Å²) in [5, 5.41) is 11.0. The van der Waals surface area contributed by atoms with Crippen molar-refractivity contribution in [2.24, 2.45) is 0 Å². The third-order valence-electron chi connectivity index (χ3n) is 2.35. The zero-order chi connectivity index (χ0) is 13.1. The molecule has 1 atom stereocenters. The van der Waals surface area contributed by atoms with Crippen molar-refractivity contribution in [1.29, 1.82) is 0 Å². The van der Waals surface area contributed by atoms with Gasteiger partial charge in [-0.2, -0.15) is 0 Å². The van der Waals surface area contributed by atoms with Crippen LogP contribution in [0.15, 0.2) is 50.9 Å². The molecule has 0 amide bonds. The topological polar surface area (TPSA) is 33.1 Å². The molecular weight excluding hydrogens is 334 g/mol. The van der Waals surface area contributed by atoms with Gasteiger partial charge in [-0.15, -0.1) is 0 Å². The smallest absolute Gasteiger partial charge is 0.101 e. The van der Waals surface area contributed by atoms with Crippen LogP contribution in [0.2, 0.25) is 5.02 Å². The maximum atomic E-state index is 9.48. The highest BCUT2D eigenvalue weighted by Gasteiger charge is 2.07. The van der Waals surface area contributed by atoms with Gasteiger partial charge in [0.1, 0.15) is 5.03 Å². The van der Waals surface area contributed by atoms with Crippen LogP contribution in [0.5, 0.6) is 0 Å². The molecule has 0 spiro atoms. The Morgan fingerprint density at radius 1 is 1.33 bits per heavy atom. The minimum Gasteiger partial charge on any atom is -0.389 e. The Morgan fingerprint density at radius 3 is 2.67 bits per heavy atom. The van der Waals surface area contributed by atoms with E-state index in [-0.39, 0.29) is 0 Å². The lowest BCUT2D eigenvalue weighted by atomic mass is 10.1. The Morgan fingerprint density at radius 2 is 2.11 bits per heavy atom. The van der Waals surface area contributed by atoms with E-state index in [1.165, 1.54) is 11.8 Å². The SMILES string of the molecule is CC(O)c1ccc(Sc2ccc(Br)cn2)c(Cl)c1. The monoisotopic (exact) mass is 343 g/mol. The number of aliphatic hydroxyl groups excluding tert-OH is 1. The Hall–Kier alpha value is -0.550. The molecule has 5 heteroatoms. The largest absolute Gasteiger partial charge is 0.389 e. The molecule has 2 rings (SSSR count). The molecule has 0 fully saturated rings. The van der Waals surface area contributed by atoms with E-state index in [4.69, 9.17) is 11.6 Å². The predicted molar refractivity (Wildman–Crippen MR) is 78.1 cm³/mol. The quantitative estimate of drug-likeness (QED) is 0.876. The lowest BCUT2D eigenvalue weighted by molar-refractivity contribution is 0.199. The van der Waals surface area contributed by atoms with Crippen molar-refractivity contribution in [3.63, 3.8) is 0 Å². The second-order valence-corrected chi connectivity index (χ2v) is 6.17. The predicted octanol–water partition coefficient (Wildman–Crippen LogP) is 4.70. The van der Waals surface area contributed by atoms with Gasteiger partial charge in [-0.05, 0) is 52.7 Å². The molecule has 0 radical (unpaired) electrons. The fourth-order valence-corrected chi connectivity index (χ4v) is 2.69. The summed E-state index contributed by atoms with van der Waals surface area (Å²) in [6, 6.07) is 9.42. The van der Waals surface area contributed by atoms with Crippen molar-refractivity contribution in [2.75, 3.05) is 0 Å². The van der Waals surface area contributed by atoms with E-state index in [9.17, 15) is 5.11 Å². The first-order valence-electron chi connectivity index (χ1n) is 5.33. The lowest BCUT2D eigenvalue weighted by Gasteiger charge is -2.08. The van der Waals surface area contributed by atoms with E-state index in [0.717, 1.165) is 20.0 Å². The molecule has 94 valence electrons. The fraction of sp³-hybridized carbons (Fsp3) is 0.154. The van der Waals surface area contributed by atoms with Crippen molar-refractivity contribution in [2.45, 2.75) is 22.9 Å². The number of aliphatic hydroxyl groups is 1. The summed E-state index contributed by atoms with van der Waals surface area (Å²) < 4.78 is 0.947. The van der Waals surface area contributed by atoms with E-state index in [0.29, 0.717) is 5.02 Å². The fourth-order valence-electron chi connectivity index (χ4n) is 1.40. The van der Waals surface area contributed by atoms with Crippen molar-refractivity contribution in [3.8, 4) is 0 Å². The number of benzene rings is 1. The molecule has 0 bridgehead atoms. The van der Waals surface area contributed by atoms with Crippen molar-refractivity contribution >= 4 is 39.3 Å². The third-order valence-corrected chi connectivity index (χ3v) is 4.27. The summed E-state index contributed by atoms with van der Waals surface area (Å²) in [7, 11) is 0. The van der Waals surface area contributed by atoms with Gasteiger partial charge in [0.2, 0.25) is 0 Å². The highest BCUT2D eigenvalue weighted by Crippen LogP contribution is 2.34. The molecule has 1 aromatic heterocycles. The first kappa shape index (κ1) is 13.9. The first-order chi connectivity index (χ1) is 8.56. The van der Waals surface area contributed by atoms with Crippen LogP contribution in [-0.2, 0) is 0 Å². The molecule has 1 heterocycles. The molecular formula is C13H11BrClNOS. The summed E-state index contributed by atoms with van der Waals surface area (Å²) in [4.78, 5) is 5.21. The minimum atomic E-state index is -0.507. The first-order valence-corrected chi connectivity index (χ1v) is 7.32. The van der Waals surface area contributed by atoms with Gasteiger partial charge in [0.15, 0.2) is 0 Å². The van der Waals surface area contributed by atoms with Crippen LogP contribution in [0.1, 0.15) is 18.6 Å². The molecule has 2 nitrogen and oxygen atoms in total. The van der Waals surface area contributed by atoms with Gasteiger partial charge >= 0.3 is 0 Å². The van der Waals surface area contributed by atoms with Crippen LogP contribution in [0.4, 0.5) is 0 Å². The zero-order valence-corrected chi connectivity index (χ0v) is 12.8. The van der Waals surface area contributed by atoms with Crippen LogP contribution in [-0.4, -0.2) is 10.1 Å². The summed E-state index contributed by atoms with van der Waals surface area (Å²) in [5.74, 6) is 0. The number of hydrogen-bond donors (Lipinski definition) is 1. The van der Waals surface area contributed by atoms with Gasteiger partial charge in [-0.1, -0.05) is 29.4 Å². The average molecular weight is 345 g/mol. The van der Waals surface area contributed by atoms with E-state index in [1.807, 2.05) is 24.3 Å². The maximum absolute atomic E-state index is 9.48. The molecule has 18 heavy (non-hydrogen) atoms. The van der Waals surface area contributed by atoms with E-state index < -0.39 is 6.10 Å². The Balaban J connectivity index is 2.22. The molecule has 0 saturated heterocycles. The molecule has 0 aliphatic heterocycles. The molecule has 0 aliphatic carbocycles. The lowest BCUT2D eigenvalue weighted by Crippen LogP contribution is -1.91. The van der Waals surface area contributed by atoms with Gasteiger partial charge < -0.3 is 5.11 Å². The molecule has 1 aromatic carbocycles. The Kier molecular flexibility index (Phi) is 4.67. The van der Waals surface area contributed by atoms with Crippen LogP contribution in [0.3, 0.4) is 0 Å². The van der Waals surface area contributed by atoms with E-state index >= 15 is 0 Å². The number of nitrogens with zero attached hydrogens (tertiary/aromatic N) is 1. The molecule has 1 unspecified atom stereocenters. The highest BCUT2D eigenvalue weighted by molar-refractivity contribution is 9.10. The van der Waals surface area contributed by atoms with Crippen molar-refractivity contribution in [1.82, 2.24) is 4.98 Å². The average Bonchev–Trinajstić information content (AvgIpc) is 2.34. The van der Waals surface area contributed by atoms with Crippen molar-refractivity contribution in [3.05, 3.63) is 51.6 Å². The summed E-state index contributed by atoms with van der Waals surface area (Å²) >= 11 is 11.0. The standard InChI is InChI=1S/C13H11BrClNOS/c1-8(17)9-2-4-12(11(15)6-9)18-13-5-3-10(14)7-16-13/h2-8,17H,1H3. The highest BCUT2D eigenvalue weighted by atomic mass is 79.9. The van der Waals surface area contributed by atoms with Gasteiger partial charge in [0.05, 0.1) is 11.1 Å². The maximum Gasteiger partial charge on any atom is 0.101 e. The number of hydrogen-bond acceptors (Lipinski definition) is 3. The van der Waals surface area contributed by atoms with Crippen LogP contribution < -0.4 is 0 Å². The normalized spacial score (nSPS) is 12.4. The number of halogens is 2. The number of pyridine rings is 1. The minimum absolute atomic E-state index is 0.507. The summed E-state index contributed by atoms with van der Waals surface area (Å²) in [6.45, 7) is 1.72.